The zero-order valence-electron chi connectivity index (χ0n) is 11.7. The van der Waals surface area contributed by atoms with Crippen molar-refractivity contribution < 1.29 is 19.8 Å². The van der Waals surface area contributed by atoms with E-state index in [4.69, 9.17) is 10.2 Å². The van der Waals surface area contributed by atoms with Crippen molar-refractivity contribution in [1.29, 1.82) is 0 Å². The van der Waals surface area contributed by atoms with Crippen LogP contribution in [0.2, 0.25) is 0 Å². The lowest BCUT2D eigenvalue weighted by Crippen LogP contribution is -2.59. The lowest BCUT2D eigenvalue weighted by atomic mass is 9.75. The van der Waals surface area contributed by atoms with E-state index in [1.165, 1.54) is 4.90 Å². The molecule has 0 aromatic heterocycles. The number of carbonyl (C=O) groups excluding carboxylic acids is 1. The molecule has 7 nitrogen and oxygen atoms in total. The van der Waals surface area contributed by atoms with Gasteiger partial charge in [0.15, 0.2) is 6.04 Å². The van der Waals surface area contributed by atoms with Crippen molar-refractivity contribution >= 4 is 12.0 Å². The van der Waals surface area contributed by atoms with Crippen LogP contribution in [0.25, 0.3) is 0 Å². The maximum atomic E-state index is 11.9. The fourth-order valence-corrected chi connectivity index (χ4v) is 2.29. The van der Waals surface area contributed by atoms with E-state index in [0.29, 0.717) is 6.54 Å². The molecule has 19 heavy (non-hydrogen) atoms. The molecule has 2 amide bonds. The Labute approximate surface area is 113 Å². The summed E-state index contributed by atoms with van der Waals surface area (Å²) >= 11 is 0. The van der Waals surface area contributed by atoms with Crippen molar-refractivity contribution in [2.45, 2.75) is 30.8 Å². The van der Waals surface area contributed by atoms with Crippen molar-refractivity contribution in [3.63, 3.8) is 0 Å². The second-order valence-corrected chi connectivity index (χ2v) is 5.35. The number of hydrogen-bond donors (Lipinski definition) is 3. The second-order valence-electron chi connectivity index (χ2n) is 5.35. The van der Waals surface area contributed by atoms with E-state index in [-0.39, 0.29) is 5.54 Å². The van der Waals surface area contributed by atoms with E-state index in [1.807, 2.05) is 14.1 Å². The predicted molar refractivity (Wildman–Crippen MR) is 69.9 cm³/mol. The number of aliphatic hydroxyl groups excluding tert-OH is 1. The number of amides is 2. The number of carboxylic acid groups (broad SMARTS) is 1. The summed E-state index contributed by atoms with van der Waals surface area (Å²) in [5.74, 6) is -1.24. The summed E-state index contributed by atoms with van der Waals surface area (Å²) in [7, 11) is 5.60. The normalized spacial score (nSPS) is 18.6. The highest BCUT2D eigenvalue weighted by Gasteiger charge is 2.40. The number of aliphatic carboxylic acids is 1. The molecule has 1 rings (SSSR count). The summed E-state index contributed by atoms with van der Waals surface area (Å²) in [5.41, 5.74) is -0.00990. The Morgan fingerprint density at radius 3 is 2.21 bits per heavy atom. The van der Waals surface area contributed by atoms with Crippen LogP contribution < -0.4 is 5.32 Å². The molecule has 0 spiro atoms. The van der Waals surface area contributed by atoms with E-state index in [9.17, 15) is 9.59 Å². The third kappa shape index (κ3) is 3.57. The molecule has 0 saturated heterocycles. The quantitative estimate of drug-likeness (QED) is 0.610. The number of hydrogen-bond acceptors (Lipinski definition) is 4. The molecule has 0 aliphatic heterocycles. The van der Waals surface area contributed by atoms with E-state index < -0.39 is 24.6 Å². The minimum absolute atomic E-state index is 0.00990. The lowest BCUT2D eigenvalue weighted by Gasteiger charge is -2.49. The molecule has 0 radical (unpaired) electrons. The minimum Gasteiger partial charge on any atom is -0.480 e. The standard InChI is InChI=1S/C12H23N3O4/c1-14(2)12(5-4-6-12)8-15(3)11(19)13-9(7-16)10(17)18/h9,16H,4-8H2,1-3H3,(H,13,19)(H,17,18)/t9-/m1/s1. The molecule has 0 aromatic carbocycles. The van der Waals surface area contributed by atoms with Crippen LogP contribution in [0.1, 0.15) is 19.3 Å². The number of nitrogens with one attached hydrogen (secondary N) is 1. The van der Waals surface area contributed by atoms with E-state index in [1.54, 1.807) is 7.05 Å². The average molecular weight is 273 g/mol. The monoisotopic (exact) mass is 273 g/mol. The van der Waals surface area contributed by atoms with Crippen LogP contribution in [0.5, 0.6) is 0 Å². The zero-order chi connectivity index (χ0) is 14.6. The zero-order valence-corrected chi connectivity index (χ0v) is 11.7. The van der Waals surface area contributed by atoms with E-state index in [0.717, 1.165) is 19.3 Å². The number of aliphatic hydroxyl groups is 1. The summed E-state index contributed by atoms with van der Waals surface area (Å²) < 4.78 is 0. The van der Waals surface area contributed by atoms with Crippen molar-refractivity contribution in [3.05, 3.63) is 0 Å². The lowest BCUT2D eigenvalue weighted by molar-refractivity contribution is -0.140. The third-order valence-corrected chi connectivity index (χ3v) is 3.89. The van der Waals surface area contributed by atoms with Crippen molar-refractivity contribution in [2.24, 2.45) is 0 Å². The SMILES string of the molecule is CN(CC1(N(C)C)CCC1)C(=O)N[C@H](CO)C(=O)O. The highest BCUT2D eigenvalue weighted by molar-refractivity contribution is 5.82. The summed E-state index contributed by atoms with van der Waals surface area (Å²) in [6.07, 6.45) is 3.20. The van der Waals surface area contributed by atoms with Gasteiger partial charge in [-0.1, -0.05) is 0 Å². The predicted octanol–water partition coefficient (Wildman–Crippen LogP) is -0.442. The van der Waals surface area contributed by atoms with Gasteiger partial charge in [-0.15, -0.1) is 0 Å². The molecule has 1 atom stereocenters. The number of carboxylic acids is 1. The molecule has 7 heteroatoms. The Morgan fingerprint density at radius 1 is 1.32 bits per heavy atom. The molecule has 0 bridgehead atoms. The van der Waals surface area contributed by atoms with Gasteiger partial charge in [0, 0.05) is 19.1 Å². The first-order chi connectivity index (χ1) is 8.82. The highest BCUT2D eigenvalue weighted by atomic mass is 16.4. The minimum atomic E-state index is -1.26. The molecule has 0 heterocycles. The van der Waals surface area contributed by atoms with E-state index >= 15 is 0 Å². The number of carbonyl (C=O) groups is 2. The summed E-state index contributed by atoms with van der Waals surface area (Å²) in [5, 5.41) is 20.0. The molecular formula is C12H23N3O4. The number of rotatable bonds is 6. The van der Waals surface area contributed by atoms with Crippen molar-refractivity contribution in [3.8, 4) is 0 Å². The van der Waals surface area contributed by atoms with Crippen LogP contribution >= 0.6 is 0 Å². The first kappa shape index (κ1) is 15.7. The number of urea groups is 1. The Bertz CT molecular complexity index is 342. The summed E-state index contributed by atoms with van der Waals surface area (Å²) in [6.45, 7) is -0.0721. The maximum absolute atomic E-state index is 11.9. The average Bonchev–Trinajstić information content (AvgIpc) is 2.28. The summed E-state index contributed by atoms with van der Waals surface area (Å²) in [4.78, 5) is 26.2. The van der Waals surface area contributed by atoms with Gasteiger partial charge in [-0.05, 0) is 33.4 Å². The van der Waals surface area contributed by atoms with E-state index in [2.05, 4.69) is 10.2 Å². The van der Waals surface area contributed by atoms with Gasteiger partial charge in [0.05, 0.1) is 6.61 Å². The van der Waals surface area contributed by atoms with Gasteiger partial charge in [0.2, 0.25) is 0 Å². The number of likely N-dealkylation sites (N-methyl/N-ethyl adjacent to an activating group) is 2. The van der Waals surface area contributed by atoms with Crippen LogP contribution in [-0.2, 0) is 4.79 Å². The molecule has 110 valence electrons. The van der Waals surface area contributed by atoms with Crippen LogP contribution in [-0.4, -0.2) is 77.9 Å². The second kappa shape index (κ2) is 6.21. The Kier molecular flexibility index (Phi) is 5.13. The maximum Gasteiger partial charge on any atom is 0.328 e. The molecule has 3 N–H and O–H groups in total. The van der Waals surface area contributed by atoms with Gasteiger partial charge < -0.3 is 25.3 Å². The number of nitrogens with zero attached hydrogens (tertiary/aromatic N) is 2. The Hall–Kier alpha value is -1.34. The fourth-order valence-electron chi connectivity index (χ4n) is 2.29. The summed E-state index contributed by atoms with van der Waals surface area (Å²) in [6, 6.07) is -1.73. The van der Waals surface area contributed by atoms with Gasteiger partial charge in [-0.3, -0.25) is 0 Å². The van der Waals surface area contributed by atoms with Crippen molar-refractivity contribution in [1.82, 2.24) is 15.1 Å². The smallest absolute Gasteiger partial charge is 0.328 e. The van der Waals surface area contributed by atoms with Crippen LogP contribution in [0.3, 0.4) is 0 Å². The Balaban J connectivity index is 2.55. The van der Waals surface area contributed by atoms with Gasteiger partial charge in [-0.25, -0.2) is 9.59 Å². The molecular weight excluding hydrogens is 250 g/mol. The third-order valence-electron chi connectivity index (χ3n) is 3.89. The van der Waals surface area contributed by atoms with Crippen LogP contribution in [0, 0.1) is 0 Å². The topological polar surface area (TPSA) is 93.1 Å². The first-order valence-electron chi connectivity index (χ1n) is 6.35. The van der Waals surface area contributed by atoms with Gasteiger partial charge in [0.25, 0.3) is 0 Å². The molecule has 1 aliphatic carbocycles. The highest BCUT2D eigenvalue weighted by Crippen LogP contribution is 2.36. The molecule has 1 saturated carbocycles. The van der Waals surface area contributed by atoms with Gasteiger partial charge >= 0.3 is 12.0 Å². The van der Waals surface area contributed by atoms with Crippen LogP contribution in [0.4, 0.5) is 4.79 Å². The fraction of sp³-hybridized carbons (Fsp3) is 0.833. The van der Waals surface area contributed by atoms with Crippen LogP contribution in [0.15, 0.2) is 0 Å². The molecule has 1 aliphatic rings. The van der Waals surface area contributed by atoms with Gasteiger partial charge in [0.1, 0.15) is 0 Å². The Morgan fingerprint density at radius 2 is 1.89 bits per heavy atom. The molecule has 0 aromatic rings. The van der Waals surface area contributed by atoms with Crippen molar-refractivity contribution in [2.75, 3.05) is 34.3 Å². The molecule has 1 fully saturated rings. The largest absolute Gasteiger partial charge is 0.480 e. The first-order valence-corrected chi connectivity index (χ1v) is 6.35. The molecule has 0 unspecified atom stereocenters. The van der Waals surface area contributed by atoms with Gasteiger partial charge in [-0.2, -0.15) is 0 Å².